The molecule has 1 heterocycles. The highest BCUT2D eigenvalue weighted by atomic mass is 16.5. The smallest absolute Gasteiger partial charge is 0.312 e. The summed E-state index contributed by atoms with van der Waals surface area (Å²) >= 11 is 0. The Morgan fingerprint density at radius 1 is 1.18 bits per heavy atom. The van der Waals surface area contributed by atoms with E-state index in [9.17, 15) is 14.7 Å². The number of hydrogen-bond acceptors (Lipinski definition) is 4. The van der Waals surface area contributed by atoms with Crippen molar-refractivity contribution in [3.05, 3.63) is 35.5 Å². The molecular weight excluding hydrogens is 354 g/mol. The third kappa shape index (κ3) is 2.63. The molecule has 0 saturated heterocycles. The van der Waals surface area contributed by atoms with Crippen LogP contribution in [0.25, 0.3) is 10.9 Å². The van der Waals surface area contributed by atoms with Gasteiger partial charge in [-0.3, -0.25) is 9.59 Å². The van der Waals surface area contributed by atoms with Gasteiger partial charge in [0.2, 0.25) is 5.78 Å². The van der Waals surface area contributed by atoms with E-state index in [0.29, 0.717) is 23.8 Å². The van der Waals surface area contributed by atoms with Crippen LogP contribution in [-0.2, 0) is 9.53 Å². The van der Waals surface area contributed by atoms with E-state index in [4.69, 9.17) is 4.74 Å². The zero-order valence-electron chi connectivity index (χ0n) is 16.5. The summed E-state index contributed by atoms with van der Waals surface area (Å²) in [5, 5.41) is 11.7. The normalized spacial score (nSPS) is 34.5. The number of esters is 1. The summed E-state index contributed by atoms with van der Waals surface area (Å²) < 4.78 is 5.76. The van der Waals surface area contributed by atoms with Crippen LogP contribution in [0, 0.1) is 24.2 Å². The van der Waals surface area contributed by atoms with Gasteiger partial charge in [-0.1, -0.05) is 18.2 Å². The monoisotopic (exact) mass is 381 g/mol. The molecule has 4 aliphatic rings. The molecule has 28 heavy (non-hydrogen) atoms. The standard InChI is InChI=1S/C23H27NO4/c1-13-19(17-5-3-4-6-18(17)24-13)20(25)14(2)28-21(26)22-8-15-7-16(9-22)11-23(27,10-15)12-22/h3-6,14-16,24,27H,7-12H2,1-2H3. The van der Waals surface area contributed by atoms with Gasteiger partial charge >= 0.3 is 5.97 Å². The second-order valence-corrected chi connectivity index (χ2v) is 9.55. The number of carbonyl (C=O) groups is 2. The number of Topliss-reactive ketones (excluding diaryl/α,β-unsaturated/α-hetero) is 1. The van der Waals surface area contributed by atoms with Crippen molar-refractivity contribution in [1.82, 2.24) is 4.98 Å². The Morgan fingerprint density at radius 3 is 2.54 bits per heavy atom. The van der Waals surface area contributed by atoms with Crippen molar-refractivity contribution >= 4 is 22.7 Å². The predicted octanol–water partition coefficient (Wildman–Crippen LogP) is 3.92. The number of rotatable bonds is 4. The highest BCUT2D eigenvalue weighted by molar-refractivity contribution is 6.11. The summed E-state index contributed by atoms with van der Waals surface area (Å²) in [5.41, 5.74) is 0.968. The van der Waals surface area contributed by atoms with Crippen molar-refractivity contribution < 1.29 is 19.4 Å². The van der Waals surface area contributed by atoms with Gasteiger partial charge in [0.25, 0.3) is 0 Å². The van der Waals surface area contributed by atoms with E-state index in [1.54, 1.807) is 6.92 Å². The van der Waals surface area contributed by atoms with Crippen LogP contribution in [-0.4, -0.2) is 33.5 Å². The first-order chi connectivity index (χ1) is 13.3. The van der Waals surface area contributed by atoms with Crippen molar-refractivity contribution in [3.8, 4) is 0 Å². The number of fused-ring (bicyclic) bond motifs is 1. The molecule has 2 N–H and O–H groups in total. The Labute approximate surface area is 164 Å². The fraction of sp³-hybridized carbons (Fsp3) is 0.565. The lowest BCUT2D eigenvalue weighted by molar-refractivity contribution is -0.197. The van der Waals surface area contributed by atoms with E-state index in [0.717, 1.165) is 48.7 Å². The van der Waals surface area contributed by atoms with E-state index in [1.165, 1.54) is 0 Å². The number of aromatic nitrogens is 1. The molecule has 0 aliphatic heterocycles. The Kier molecular flexibility index (Phi) is 3.80. The fourth-order valence-electron chi connectivity index (χ4n) is 6.59. The van der Waals surface area contributed by atoms with Gasteiger partial charge in [-0.2, -0.15) is 0 Å². The molecule has 4 aliphatic carbocycles. The Hall–Kier alpha value is -2.14. The zero-order chi connectivity index (χ0) is 19.7. The zero-order valence-corrected chi connectivity index (χ0v) is 16.5. The molecule has 4 fully saturated rings. The minimum atomic E-state index is -0.840. The number of aromatic amines is 1. The third-order valence-corrected chi connectivity index (χ3v) is 7.26. The second kappa shape index (κ2) is 5.93. The Balaban J connectivity index is 1.38. The number of para-hydroxylation sites is 1. The van der Waals surface area contributed by atoms with Gasteiger partial charge in [-0.15, -0.1) is 0 Å². The maximum Gasteiger partial charge on any atom is 0.312 e. The summed E-state index contributed by atoms with van der Waals surface area (Å²) in [7, 11) is 0. The third-order valence-electron chi connectivity index (χ3n) is 7.26. The van der Waals surface area contributed by atoms with E-state index >= 15 is 0 Å². The van der Waals surface area contributed by atoms with Crippen molar-refractivity contribution in [3.63, 3.8) is 0 Å². The van der Waals surface area contributed by atoms with Crippen LogP contribution in [0.15, 0.2) is 24.3 Å². The van der Waals surface area contributed by atoms with Gasteiger partial charge in [0.1, 0.15) is 0 Å². The highest BCUT2D eigenvalue weighted by Crippen LogP contribution is 2.62. The quantitative estimate of drug-likeness (QED) is 0.621. The molecule has 0 radical (unpaired) electrons. The number of nitrogens with one attached hydrogen (secondary N) is 1. The summed E-state index contributed by atoms with van der Waals surface area (Å²) in [4.78, 5) is 29.5. The molecular formula is C23H27NO4. The first kappa shape index (κ1) is 17.9. The summed E-state index contributed by atoms with van der Waals surface area (Å²) in [5.74, 6) is 0.339. The van der Waals surface area contributed by atoms with E-state index in [1.807, 2.05) is 31.2 Å². The number of aliphatic hydroxyl groups is 1. The number of H-pyrrole nitrogens is 1. The minimum Gasteiger partial charge on any atom is -0.454 e. The van der Waals surface area contributed by atoms with Crippen LogP contribution in [0.1, 0.15) is 61.5 Å². The molecule has 3 unspecified atom stereocenters. The number of aryl methyl sites for hydroxylation is 1. The first-order valence-electron chi connectivity index (χ1n) is 10.3. The van der Waals surface area contributed by atoms with Gasteiger partial charge in [-0.25, -0.2) is 0 Å². The molecule has 6 rings (SSSR count). The van der Waals surface area contributed by atoms with E-state index in [-0.39, 0.29) is 11.8 Å². The Bertz CT molecular complexity index is 960. The first-order valence-corrected chi connectivity index (χ1v) is 10.3. The van der Waals surface area contributed by atoms with Crippen molar-refractivity contribution in [2.75, 3.05) is 0 Å². The van der Waals surface area contributed by atoms with Crippen LogP contribution in [0.2, 0.25) is 0 Å². The van der Waals surface area contributed by atoms with Gasteiger partial charge in [-0.05, 0) is 70.3 Å². The van der Waals surface area contributed by atoms with Crippen molar-refractivity contribution in [2.45, 2.75) is 64.1 Å². The lowest BCUT2D eigenvalue weighted by Crippen LogP contribution is -2.58. The van der Waals surface area contributed by atoms with Crippen LogP contribution in [0.4, 0.5) is 0 Å². The molecule has 4 saturated carbocycles. The van der Waals surface area contributed by atoms with Crippen molar-refractivity contribution in [1.29, 1.82) is 0 Å². The molecule has 2 aromatic rings. The molecule has 0 amide bonds. The number of ether oxygens (including phenoxy) is 1. The van der Waals surface area contributed by atoms with Crippen molar-refractivity contribution in [2.24, 2.45) is 17.3 Å². The molecule has 5 heteroatoms. The average Bonchev–Trinajstić information content (AvgIpc) is 2.94. The summed E-state index contributed by atoms with van der Waals surface area (Å²) in [6.45, 7) is 3.53. The summed E-state index contributed by atoms with van der Waals surface area (Å²) in [6, 6.07) is 7.67. The van der Waals surface area contributed by atoms with Gasteiger partial charge in [0, 0.05) is 22.2 Å². The van der Waals surface area contributed by atoms with Gasteiger partial charge < -0.3 is 14.8 Å². The molecule has 0 spiro atoms. The molecule has 148 valence electrons. The largest absolute Gasteiger partial charge is 0.454 e. The maximum absolute atomic E-state index is 13.2. The fourth-order valence-corrected chi connectivity index (χ4v) is 6.59. The molecule has 1 aromatic carbocycles. The molecule has 3 atom stereocenters. The minimum absolute atomic E-state index is 0.174. The number of hydrogen-bond donors (Lipinski definition) is 2. The topological polar surface area (TPSA) is 79.4 Å². The molecule has 5 nitrogen and oxygen atoms in total. The van der Waals surface area contributed by atoms with Crippen LogP contribution >= 0.6 is 0 Å². The van der Waals surface area contributed by atoms with E-state index in [2.05, 4.69) is 4.98 Å². The van der Waals surface area contributed by atoms with Crippen LogP contribution in [0.3, 0.4) is 0 Å². The predicted molar refractivity (Wildman–Crippen MR) is 105 cm³/mol. The molecule has 1 aromatic heterocycles. The van der Waals surface area contributed by atoms with Crippen LogP contribution in [0.5, 0.6) is 0 Å². The highest BCUT2D eigenvalue weighted by Gasteiger charge is 2.61. The lowest BCUT2D eigenvalue weighted by Gasteiger charge is -2.58. The number of benzene rings is 1. The van der Waals surface area contributed by atoms with Gasteiger partial charge in [0.15, 0.2) is 6.10 Å². The van der Waals surface area contributed by atoms with Crippen LogP contribution < -0.4 is 0 Å². The second-order valence-electron chi connectivity index (χ2n) is 9.55. The Morgan fingerprint density at radius 2 is 1.86 bits per heavy atom. The lowest BCUT2D eigenvalue weighted by atomic mass is 9.48. The van der Waals surface area contributed by atoms with Gasteiger partial charge in [0.05, 0.1) is 11.0 Å². The molecule has 4 bridgehead atoms. The van der Waals surface area contributed by atoms with E-state index < -0.39 is 17.1 Å². The number of carbonyl (C=O) groups excluding carboxylic acids is 2. The SMILES string of the molecule is Cc1[nH]c2ccccc2c1C(=O)C(C)OC(=O)C12CC3CC(CC(O)(C3)C1)C2. The average molecular weight is 381 g/mol. The number of ketones is 1. The summed E-state index contributed by atoms with van der Waals surface area (Å²) in [6.07, 6.45) is 3.95. The maximum atomic E-state index is 13.2.